The lowest BCUT2D eigenvalue weighted by atomic mass is 10.1. The van der Waals surface area contributed by atoms with Crippen LogP contribution in [0.3, 0.4) is 0 Å². The normalized spacial score (nSPS) is 11.9. The van der Waals surface area contributed by atoms with Gasteiger partial charge < -0.3 is 20.1 Å². The Morgan fingerprint density at radius 3 is 2.52 bits per heavy atom. The highest BCUT2D eigenvalue weighted by Crippen LogP contribution is 2.32. The van der Waals surface area contributed by atoms with Crippen LogP contribution in [0.5, 0.6) is 11.5 Å². The van der Waals surface area contributed by atoms with Crippen molar-refractivity contribution in [3.8, 4) is 11.5 Å². The highest BCUT2D eigenvalue weighted by atomic mass is 16.7. The molecule has 27 heavy (non-hydrogen) atoms. The number of aryl methyl sites for hydroxylation is 1. The van der Waals surface area contributed by atoms with Gasteiger partial charge in [-0.3, -0.25) is 4.79 Å². The van der Waals surface area contributed by atoms with Crippen LogP contribution in [-0.4, -0.2) is 17.7 Å². The van der Waals surface area contributed by atoms with Gasteiger partial charge in [0.2, 0.25) is 6.79 Å². The largest absolute Gasteiger partial charge is 0.454 e. The summed E-state index contributed by atoms with van der Waals surface area (Å²) in [4.78, 5) is 16.7. The third-order valence-electron chi connectivity index (χ3n) is 4.29. The standard InChI is InChI=1S/C21H19N3O3/c1-2-14-3-6-16(7-4-14)23-20-10-8-17(12-22-20)24-21(25)15-5-9-18-19(11-15)27-13-26-18/h3-12H,2,13H2,1H3,(H,22,23)(H,24,25). The summed E-state index contributed by atoms with van der Waals surface area (Å²) in [7, 11) is 0. The molecule has 0 unspecified atom stereocenters. The maximum Gasteiger partial charge on any atom is 0.255 e. The molecule has 1 aliphatic rings. The molecule has 0 saturated heterocycles. The lowest BCUT2D eigenvalue weighted by Crippen LogP contribution is -2.12. The van der Waals surface area contributed by atoms with Crippen LogP contribution in [0.2, 0.25) is 0 Å². The predicted molar refractivity (Wildman–Crippen MR) is 104 cm³/mol. The van der Waals surface area contributed by atoms with Crippen LogP contribution in [-0.2, 0) is 6.42 Å². The molecule has 3 aromatic rings. The van der Waals surface area contributed by atoms with Crippen LogP contribution < -0.4 is 20.1 Å². The van der Waals surface area contributed by atoms with Gasteiger partial charge in [0, 0.05) is 11.3 Å². The molecular formula is C21H19N3O3. The fourth-order valence-corrected chi connectivity index (χ4v) is 2.75. The van der Waals surface area contributed by atoms with E-state index in [4.69, 9.17) is 9.47 Å². The van der Waals surface area contributed by atoms with Gasteiger partial charge in [0.25, 0.3) is 5.91 Å². The maximum absolute atomic E-state index is 12.4. The SMILES string of the molecule is CCc1ccc(Nc2ccc(NC(=O)c3ccc4c(c3)OCO4)cn2)cc1. The fourth-order valence-electron chi connectivity index (χ4n) is 2.75. The molecule has 1 aliphatic heterocycles. The molecular weight excluding hydrogens is 342 g/mol. The van der Waals surface area contributed by atoms with Gasteiger partial charge >= 0.3 is 0 Å². The van der Waals surface area contributed by atoms with Gasteiger partial charge in [0.1, 0.15) is 5.82 Å². The highest BCUT2D eigenvalue weighted by Gasteiger charge is 2.16. The van der Waals surface area contributed by atoms with Gasteiger partial charge in [-0.15, -0.1) is 0 Å². The summed E-state index contributed by atoms with van der Waals surface area (Å²) in [5, 5.41) is 6.07. The predicted octanol–water partition coefficient (Wildman–Crippen LogP) is 4.37. The van der Waals surface area contributed by atoms with Crippen molar-refractivity contribution < 1.29 is 14.3 Å². The number of pyridine rings is 1. The first-order valence-electron chi connectivity index (χ1n) is 8.74. The molecule has 2 aromatic carbocycles. The zero-order valence-electron chi connectivity index (χ0n) is 14.9. The smallest absolute Gasteiger partial charge is 0.255 e. The summed E-state index contributed by atoms with van der Waals surface area (Å²) in [6.07, 6.45) is 2.63. The van der Waals surface area contributed by atoms with Gasteiger partial charge in [-0.25, -0.2) is 4.98 Å². The van der Waals surface area contributed by atoms with E-state index < -0.39 is 0 Å². The van der Waals surface area contributed by atoms with E-state index >= 15 is 0 Å². The fraction of sp³-hybridized carbons (Fsp3) is 0.143. The monoisotopic (exact) mass is 361 g/mol. The van der Waals surface area contributed by atoms with Gasteiger partial charge in [-0.1, -0.05) is 19.1 Å². The summed E-state index contributed by atoms with van der Waals surface area (Å²) in [5.41, 5.74) is 3.37. The van der Waals surface area contributed by atoms with Crippen molar-refractivity contribution in [1.29, 1.82) is 0 Å². The molecule has 0 spiro atoms. The summed E-state index contributed by atoms with van der Waals surface area (Å²) >= 11 is 0. The molecule has 2 heterocycles. The van der Waals surface area contributed by atoms with E-state index in [2.05, 4.69) is 34.7 Å². The number of fused-ring (bicyclic) bond motifs is 1. The summed E-state index contributed by atoms with van der Waals surface area (Å²) < 4.78 is 10.6. The Balaban J connectivity index is 1.40. The molecule has 0 atom stereocenters. The van der Waals surface area contributed by atoms with E-state index in [0.29, 0.717) is 28.6 Å². The molecule has 4 rings (SSSR count). The first-order valence-corrected chi connectivity index (χ1v) is 8.74. The minimum atomic E-state index is -0.231. The van der Waals surface area contributed by atoms with Crippen LogP contribution in [0, 0.1) is 0 Å². The van der Waals surface area contributed by atoms with Gasteiger partial charge in [0.05, 0.1) is 11.9 Å². The quantitative estimate of drug-likeness (QED) is 0.706. The number of anilines is 3. The number of carbonyl (C=O) groups excluding carboxylic acids is 1. The second-order valence-electron chi connectivity index (χ2n) is 6.13. The van der Waals surface area contributed by atoms with Gasteiger partial charge in [0.15, 0.2) is 11.5 Å². The van der Waals surface area contributed by atoms with Crippen molar-refractivity contribution in [1.82, 2.24) is 4.98 Å². The zero-order valence-corrected chi connectivity index (χ0v) is 14.9. The maximum atomic E-state index is 12.4. The van der Waals surface area contributed by atoms with Gasteiger partial charge in [-0.2, -0.15) is 0 Å². The van der Waals surface area contributed by atoms with Crippen molar-refractivity contribution in [2.75, 3.05) is 17.4 Å². The molecule has 0 aliphatic carbocycles. The molecule has 1 amide bonds. The van der Waals surface area contributed by atoms with E-state index in [1.807, 2.05) is 18.2 Å². The summed E-state index contributed by atoms with van der Waals surface area (Å²) in [5.74, 6) is 1.70. The lowest BCUT2D eigenvalue weighted by molar-refractivity contribution is 0.102. The highest BCUT2D eigenvalue weighted by molar-refractivity contribution is 6.04. The number of rotatable bonds is 5. The van der Waals surface area contributed by atoms with E-state index in [1.165, 1.54) is 5.56 Å². The van der Waals surface area contributed by atoms with Crippen LogP contribution >= 0.6 is 0 Å². The number of nitrogens with one attached hydrogen (secondary N) is 2. The number of benzene rings is 2. The summed E-state index contributed by atoms with van der Waals surface area (Å²) in [6.45, 7) is 2.31. The Bertz CT molecular complexity index is 953. The van der Waals surface area contributed by atoms with Crippen LogP contribution in [0.1, 0.15) is 22.8 Å². The Labute approximate surface area is 157 Å². The molecule has 0 saturated carbocycles. The molecule has 2 N–H and O–H groups in total. The van der Waals surface area contributed by atoms with Crippen LogP contribution in [0.25, 0.3) is 0 Å². The number of aromatic nitrogens is 1. The Kier molecular flexibility index (Phi) is 4.61. The second kappa shape index (κ2) is 7.37. The average Bonchev–Trinajstić information content (AvgIpc) is 3.18. The number of hydrogen-bond donors (Lipinski definition) is 2. The van der Waals surface area contributed by atoms with E-state index in [9.17, 15) is 4.79 Å². The molecule has 6 nitrogen and oxygen atoms in total. The average molecular weight is 361 g/mol. The molecule has 0 bridgehead atoms. The molecule has 6 heteroatoms. The van der Waals surface area contributed by atoms with Crippen molar-refractivity contribution in [3.63, 3.8) is 0 Å². The van der Waals surface area contributed by atoms with Crippen LogP contribution in [0.15, 0.2) is 60.8 Å². The van der Waals surface area contributed by atoms with E-state index in [0.717, 1.165) is 12.1 Å². The molecule has 0 radical (unpaired) electrons. The second-order valence-corrected chi connectivity index (χ2v) is 6.13. The lowest BCUT2D eigenvalue weighted by Gasteiger charge is -2.09. The zero-order chi connectivity index (χ0) is 18.6. The first kappa shape index (κ1) is 16.9. The van der Waals surface area contributed by atoms with Crippen LogP contribution in [0.4, 0.5) is 17.2 Å². The Hall–Kier alpha value is -3.54. The number of hydrogen-bond acceptors (Lipinski definition) is 5. The molecule has 0 fully saturated rings. The summed E-state index contributed by atoms with van der Waals surface area (Å²) in [6, 6.07) is 16.9. The minimum Gasteiger partial charge on any atom is -0.454 e. The number of ether oxygens (including phenoxy) is 2. The molecule has 1 aromatic heterocycles. The Morgan fingerprint density at radius 2 is 1.78 bits per heavy atom. The third kappa shape index (κ3) is 3.84. The van der Waals surface area contributed by atoms with Gasteiger partial charge in [-0.05, 0) is 54.4 Å². The van der Waals surface area contributed by atoms with E-state index in [-0.39, 0.29) is 12.7 Å². The van der Waals surface area contributed by atoms with Crippen molar-refractivity contribution in [2.24, 2.45) is 0 Å². The topological polar surface area (TPSA) is 72.5 Å². The molecule has 136 valence electrons. The number of carbonyl (C=O) groups is 1. The Morgan fingerprint density at radius 1 is 1.00 bits per heavy atom. The third-order valence-corrected chi connectivity index (χ3v) is 4.29. The van der Waals surface area contributed by atoms with Crippen molar-refractivity contribution >= 4 is 23.1 Å². The number of nitrogens with zero attached hydrogens (tertiary/aromatic N) is 1. The number of amides is 1. The minimum absolute atomic E-state index is 0.181. The van der Waals surface area contributed by atoms with E-state index in [1.54, 1.807) is 30.5 Å². The van der Waals surface area contributed by atoms with Crippen molar-refractivity contribution in [2.45, 2.75) is 13.3 Å². The van der Waals surface area contributed by atoms with Crippen molar-refractivity contribution in [3.05, 3.63) is 71.9 Å². The first-order chi connectivity index (χ1) is 13.2.